The predicted molar refractivity (Wildman–Crippen MR) is 88.5 cm³/mol. The summed E-state index contributed by atoms with van der Waals surface area (Å²) in [5.41, 5.74) is 0. The molecule has 24 heavy (non-hydrogen) atoms. The van der Waals surface area contributed by atoms with Crippen LogP contribution in [-0.2, 0) is 16.0 Å². The van der Waals surface area contributed by atoms with E-state index in [2.05, 4.69) is 15.0 Å². The minimum atomic E-state index is 0.151. The van der Waals surface area contributed by atoms with E-state index in [0.717, 1.165) is 52.0 Å². The first-order valence-electron chi connectivity index (χ1n) is 8.99. The van der Waals surface area contributed by atoms with Crippen molar-refractivity contribution in [3.8, 4) is 0 Å². The Labute approximate surface area is 143 Å². The van der Waals surface area contributed by atoms with Crippen LogP contribution in [0.25, 0.3) is 0 Å². The molecule has 2 aliphatic rings. The number of carbonyl (C=O) groups is 1. The molecule has 0 spiro atoms. The highest BCUT2D eigenvalue weighted by molar-refractivity contribution is 5.78. The third-order valence-electron chi connectivity index (χ3n) is 5.20. The van der Waals surface area contributed by atoms with Crippen molar-refractivity contribution < 1.29 is 14.1 Å². The summed E-state index contributed by atoms with van der Waals surface area (Å²) in [6.07, 6.45) is 4.81. The lowest BCUT2D eigenvalue weighted by molar-refractivity contribution is -0.136. The molecule has 0 atom stereocenters. The van der Waals surface area contributed by atoms with Gasteiger partial charge in [-0.3, -0.25) is 4.79 Å². The number of hydrogen-bond donors (Lipinski definition) is 0. The van der Waals surface area contributed by atoms with Crippen molar-refractivity contribution >= 4 is 5.91 Å². The van der Waals surface area contributed by atoms with Crippen LogP contribution in [0.2, 0.25) is 0 Å². The number of likely N-dealkylation sites (tertiary alicyclic amines) is 1. The molecule has 3 rings (SSSR count). The van der Waals surface area contributed by atoms with Crippen LogP contribution in [0.5, 0.6) is 0 Å². The molecule has 0 aliphatic carbocycles. The molecule has 0 saturated carbocycles. The molecule has 1 amide bonds. The first kappa shape index (κ1) is 17.4. The van der Waals surface area contributed by atoms with Crippen molar-refractivity contribution in [2.24, 2.45) is 5.92 Å². The molecule has 134 valence electrons. The highest BCUT2D eigenvalue weighted by Gasteiger charge is 2.30. The molecule has 0 N–H and O–H groups in total. The van der Waals surface area contributed by atoms with E-state index in [1.165, 1.54) is 0 Å². The predicted octanol–water partition coefficient (Wildman–Crippen LogP) is 1.27. The normalized spacial score (nSPS) is 21.1. The summed E-state index contributed by atoms with van der Waals surface area (Å²) in [6, 6.07) is 0.647. The number of ether oxygens (including phenoxy) is 1. The number of likely N-dealkylation sites (N-methyl/N-ethyl adjacent to an activating group) is 1. The second-order valence-corrected chi connectivity index (χ2v) is 6.89. The van der Waals surface area contributed by atoms with Gasteiger partial charge >= 0.3 is 0 Å². The summed E-state index contributed by atoms with van der Waals surface area (Å²) >= 11 is 0. The highest BCUT2D eigenvalue weighted by atomic mass is 16.5. The maximum atomic E-state index is 12.6. The lowest BCUT2D eigenvalue weighted by Gasteiger charge is -2.39. The first-order chi connectivity index (χ1) is 11.6. The molecule has 7 nitrogen and oxygen atoms in total. The molecular formula is C17H28N4O3. The molecule has 2 fully saturated rings. The fourth-order valence-corrected chi connectivity index (χ4v) is 3.69. The quantitative estimate of drug-likeness (QED) is 0.806. The Morgan fingerprint density at radius 2 is 1.96 bits per heavy atom. The molecule has 1 aromatic rings. The average Bonchev–Trinajstić information content (AvgIpc) is 3.05. The average molecular weight is 336 g/mol. The molecule has 0 radical (unpaired) electrons. The van der Waals surface area contributed by atoms with E-state index in [4.69, 9.17) is 9.26 Å². The standard InChI is InChI=1S/C17H28N4O3/c1-13-18-16(19-24-13)5-8-20(2)17(22)14-3-9-21(10-4-14)15-6-11-23-12-7-15/h14-15H,3-12H2,1-2H3. The topological polar surface area (TPSA) is 71.7 Å². The Bertz CT molecular complexity index is 534. The van der Waals surface area contributed by atoms with E-state index >= 15 is 0 Å². The molecule has 2 saturated heterocycles. The number of rotatable bonds is 5. The van der Waals surface area contributed by atoms with Crippen molar-refractivity contribution in [3.05, 3.63) is 11.7 Å². The van der Waals surface area contributed by atoms with Crippen molar-refractivity contribution in [2.45, 2.75) is 45.1 Å². The van der Waals surface area contributed by atoms with E-state index in [-0.39, 0.29) is 11.8 Å². The van der Waals surface area contributed by atoms with Crippen LogP contribution in [0.4, 0.5) is 0 Å². The second-order valence-electron chi connectivity index (χ2n) is 6.89. The van der Waals surface area contributed by atoms with Gasteiger partial charge in [0.2, 0.25) is 11.8 Å². The van der Waals surface area contributed by atoms with Gasteiger partial charge in [0.1, 0.15) is 0 Å². The second kappa shape index (κ2) is 8.07. The zero-order valence-corrected chi connectivity index (χ0v) is 14.7. The van der Waals surface area contributed by atoms with Crippen molar-refractivity contribution in [2.75, 3.05) is 39.9 Å². The lowest BCUT2D eigenvalue weighted by atomic mass is 9.93. The van der Waals surface area contributed by atoms with E-state index in [1.807, 2.05) is 11.9 Å². The summed E-state index contributed by atoms with van der Waals surface area (Å²) < 4.78 is 10.4. The summed E-state index contributed by atoms with van der Waals surface area (Å²) in [6.45, 7) is 6.22. The summed E-state index contributed by atoms with van der Waals surface area (Å²) in [7, 11) is 1.88. The SMILES string of the molecule is Cc1nc(CCN(C)C(=O)C2CCN(C3CCOCC3)CC2)no1. The van der Waals surface area contributed by atoms with Crippen LogP contribution in [0.1, 0.15) is 37.4 Å². The molecule has 1 aromatic heterocycles. The molecule has 3 heterocycles. The molecule has 0 unspecified atom stereocenters. The molecule has 0 aromatic carbocycles. The zero-order chi connectivity index (χ0) is 16.9. The van der Waals surface area contributed by atoms with Crippen LogP contribution >= 0.6 is 0 Å². The van der Waals surface area contributed by atoms with Gasteiger partial charge in [0.05, 0.1) is 0 Å². The molecule has 0 bridgehead atoms. The van der Waals surface area contributed by atoms with Gasteiger partial charge in [0, 0.05) is 52.1 Å². The van der Waals surface area contributed by atoms with Crippen LogP contribution < -0.4 is 0 Å². The van der Waals surface area contributed by atoms with E-state index < -0.39 is 0 Å². The van der Waals surface area contributed by atoms with Crippen molar-refractivity contribution in [3.63, 3.8) is 0 Å². The number of aryl methyl sites for hydroxylation is 1. The largest absolute Gasteiger partial charge is 0.381 e. The van der Waals surface area contributed by atoms with Gasteiger partial charge in [-0.2, -0.15) is 4.98 Å². The lowest BCUT2D eigenvalue weighted by Crippen LogP contribution is -2.47. The van der Waals surface area contributed by atoms with Gasteiger partial charge in [-0.15, -0.1) is 0 Å². The minimum absolute atomic E-state index is 0.151. The van der Waals surface area contributed by atoms with Gasteiger partial charge in [-0.05, 0) is 38.8 Å². The van der Waals surface area contributed by atoms with Crippen LogP contribution in [-0.4, -0.2) is 71.8 Å². The molecule has 2 aliphatic heterocycles. The van der Waals surface area contributed by atoms with Gasteiger partial charge in [0.15, 0.2) is 5.82 Å². The number of carbonyl (C=O) groups excluding carboxylic acids is 1. The van der Waals surface area contributed by atoms with E-state index in [0.29, 0.717) is 30.7 Å². The summed E-state index contributed by atoms with van der Waals surface area (Å²) in [4.78, 5) is 21.2. The fourth-order valence-electron chi connectivity index (χ4n) is 3.69. The molecule has 7 heteroatoms. The highest BCUT2D eigenvalue weighted by Crippen LogP contribution is 2.24. The Morgan fingerprint density at radius 1 is 1.25 bits per heavy atom. The third-order valence-corrected chi connectivity index (χ3v) is 5.20. The Morgan fingerprint density at radius 3 is 2.58 bits per heavy atom. The monoisotopic (exact) mass is 336 g/mol. The third kappa shape index (κ3) is 4.33. The number of amides is 1. The Balaban J connectivity index is 1.42. The van der Waals surface area contributed by atoms with Crippen LogP contribution in [0.3, 0.4) is 0 Å². The number of nitrogens with zero attached hydrogens (tertiary/aromatic N) is 4. The maximum absolute atomic E-state index is 12.6. The maximum Gasteiger partial charge on any atom is 0.225 e. The Kier molecular flexibility index (Phi) is 5.84. The molecular weight excluding hydrogens is 308 g/mol. The first-order valence-corrected chi connectivity index (χ1v) is 8.99. The van der Waals surface area contributed by atoms with Gasteiger partial charge in [-0.25, -0.2) is 0 Å². The van der Waals surface area contributed by atoms with Gasteiger partial charge in [0.25, 0.3) is 0 Å². The van der Waals surface area contributed by atoms with E-state index in [9.17, 15) is 4.79 Å². The Hall–Kier alpha value is -1.47. The van der Waals surface area contributed by atoms with E-state index in [1.54, 1.807) is 6.92 Å². The smallest absolute Gasteiger partial charge is 0.225 e. The van der Waals surface area contributed by atoms with Crippen LogP contribution in [0, 0.1) is 12.8 Å². The van der Waals surface area contributed by atoms with Crippen molar-refractivity contribution in [1.82, 2.24) is 19.9 Å². The summed E-state index contributed by atoms with van der Waals surface area (Å²) in [5.74, 6) is 1.64. The van der Waals surface area contributed by atoms with Crippen LogP contribution in [0.15, 0.2) is 4.52 Å². The van der Waals surface area contributed by atoms with Gasteiger partial charge < -0.3 is 19.1 Å². The zero-order valence-electron chi connectivity index (χ0n) is 14.7. The minimum Gasteiger partial charge on any atom is -0.381 e. The summed E-state index contributed by atoms with van der Waals surface area (Å²) in [5, 5.41) is 3.88. The van der Waals surface area contributed by atoms with Crippen molar-refractivity contribution in [1.29, 1.82) is 0 Å². The number of aromatic nitrogens is 2. The fraction of sp³-hybridized carbons (Fsp3) is 0.824. The number of hydrogen-bond acceptors (Lipinski definition) is 6. The number of piperidine rings is 1. The van der Waals surface area contributed by atoms with Gasteiger partial charge in [-0.1, -0.05) is 5.16 Å².